The molecule has 33 heavy (non-hydrogen) atoms. The molecule has 0 bridgehead atoms. The minimum absolute atomic E-state index is 0.856. The Labute approximate surface area is 205 Å². The summed E-state index contributed by atoms with van der Waals surface area (Å²) in [5.41, 5.74) is 2.10. The predicted octanol–water partition coefficient (Wildman–Crippen LogP) is 8.03. The molecule has 0 saturated heterocycles. The van der Waals surface area contributed by atoms with Crippen LogP contribution in [0, 0.1) is 0 Å². The average molecular weight is 477 g/mol. The first kappa shape index (κ1) is 31.2. The van der Waals surface area contributed by atoms with Crippen LogP contribution in [0.25, 0.3) is 0 Å². The zero-order chi connectivity index (χ0) is 25.3. The highest BCUT2D eigenvalue weighted by molar-refractivity contribution is 6.83. The molecule has 0 unspecified atom stereocenters. The van der Waals surface area contributed by atoms with E-state index in [1.165, 1.54) is 0 Å². The third kappa shape index (κ3) is 8.16. The van der Waals surface area contributed by atoms with E-state index in [9.17, 15) is 0 Å². The van der Waals surface area contributed by atoms with E-state index < -0.39 is 8.56 Å². The fraction of sp³-hybridized carbons (Fsp3) is 0.571. The number of hydrogen-bond donors (Lipinski definition) is 0. The number of allylic oxidation sites excluding steroid dienone is 8. The van der Waals surface area contributed by atoms with Gasteiger partial charge in [0.15, 0.2) is 0 Å². The topological polar surface area (TPSA) is 36.9 Å². The minimum Gasteiger partial charge on any atom is -0.496 e. The quantitative estimate of drug-likeness (QED) is 0.128. The molecule has 0 aliphatic carbocycles. The molecule has 0 atom stereocenters. The van der Waals surface area contributed by atoms with Crippen LogP contribution in [0.2, 0.25) is 0 Å². The summed E-state index contributed by atoms with van der Waals surface area (Å²) in [6, 6.07) is 0. The van der Waals surface area contributed by atoms with Crippen molar-refractivity contribution in [2.45, 2.75) is 80.1 Å². The fourth-order valence-electron chi connectivity index (χ4n) is 3.99. The third-order valence-electron chi connectivity index (χ3n) is 5.25. The van der Waals surface area contributed by atoms with Gasteiger partial charge < -0.3 is 18.3 Å². The van der Waals surface area contributed by atoms with Crippen molar-refractivity contribution >= 4 is 8.56 Å². The fourth-order valence-corrected chi connectivity index (χ4v) is 7.43. The van der Waals surface area contributed by atoms with Gasteiger partial charge in [0, 0.05) is 35.8 Å². The van der Waals surface area contributed by atoms with Gasteiger partial charge in [-0.15, -0.1) is 0 Å². The molecule has 188 valence electrons. The molecule has 5 heteroatoms. The van der Waals surface area contributed by atoms with Crippen LogP contribution in [0.4, 0.5) is 0 Å². The molecule has 0 N–H and O–H groups in total. The van der Waals surface area contributed by atoms with Gasteiger partial charge in [0.1, 0.15) is 11.5 Å². The largest absolute Gasteiger partial charge is 0.496 e. The van der Waals surface area contributed by atoms with Gasteiger partial charge in [0.25, 0.3) is 0 Å². The van der Waals surface area contributed by atoms with Gasteiger partial charge in [0.2, 0.25) is 0 Å². The summed E-state index contributed by atoms with van der Waals surface area (Å²) in [4.78, 5) is 0. The Balaban J connectivity index is 7.45. The van der Waals surface area contributed by atoms with Crippen LogP contribution in [0.15, 0.2) is 69.5 Å². The maximum Gasteiger partial charge on any atom is 0.407 e. The van der Waals surface area contributed by atoms with Crippen molar-refractivity contribution in [2.24, 2.45) is 0 Å². The van der Waals surface area contributed by atoms with Crippen molar-refractivity contribution in [1.29, 1.82) is 0 Å². The first-order valence-corrected chi connectivity index (χ1v) is 14.2. The normalized spacial score (nSPS) is 15.2. The van der Waals surface area contributed by atoms with Gasteiger partial charge in [-0.2, -0.15) is 0 Å². The number of hydrogen-bond acceptors (Lipinski definition) is 4. The van der Waals surface area contributed by atoms with Gasteiger partial charge in [-0.05, 0) is 50.7 Å². The molecule has 0 fully saturated rings. The van der Waals surface area contributed by atoms with Gasteiger partial charge in [0.05, 0.1) is 14.2 Å². The Kier molecular flexibility index (Phi) is 16.7. The van der Waals surface area contributed by atoms with Crippen LogP contribution in [0.5, 0.6) is 0 Å². The van der Waals surface area contributed by atoms with Crippen molar-refractivity contribution in [2.75, 3.05) is 28.4 Å². The van der Waals surface area contributed by atoms with Crippen LogP contribution < -0.4 is 0 Å². The van der Waals surface area contributed by atoms with E-state index in [4.69, 9.17) is 18.3 Å². The molecule has 0 heterocycles. The molecule has 0 aromatic rings. The van der Waals surface area contributed by atoms with Crippen LogP contribution in [-0.4, -0.2) is 37.0 Å². The highest BCUT2D eigenvalue weighted by Gasteiger charge is 2.48. The Morgan fingerprint density at radius 3 is 1.00 bits per heavy atom. The van der Waals surface area contributed by atoms with Crippen LogP contribution in [-0.2, 0) is 18.3 Å². The van der Waals surface area contributed by atoms with E-state index in [1.807, 2.05) is 0 Å². The van der Waals surface area contributed by atoms with E-state index in [-0.39, 0.29) is 0 Å². The summed E-state index contributed by atoms with van der Waals surface area (Å²) in [6.45, 7) is 12.8. The molecule has 4 nitrogen and oxygen atoms in total. The Morgan fingerprint density at radius 1 is 0.485 bits per heavy atom. The average Bonchev–Trinajstić information content (AvgIpc) is 2.83. The number of rotatable bonds is 16. The lowest BCUT2D eigenvalue weighted by Gasteiger charge is -2.35. The van der Waals surface area contributed by atoms with E-state index in [0.29, 0.717) is 0 Å². The van der Waals surface area contributed by atoms with E-state index in [1.54, 1.807) is 28.4 Å². The molecule has 0 saturated carbocycles. The third-order valence-corrected chi connectivity index (χ3v) is 8.76. The van der Waals surface area contributed by atoms with Crippen molar-refractivity contribution < 1.29 is 18.3 Å². The van der Waals surface area contributed by atoms with Crippen molar-refractivity contribution in [3.8, 4) is 0 Å². The summed E-state index contributed by atoms with van der Waals surface area (Å²) < 4.78 is 24.6. The lowest BCUT2D eigenvalue weighted by atomic mass is 10.1. The number of methoxy groups -OCH3 is 2. The molecule has 0 rings (SSSR count). The maximum absolute atomic E-state index is 6.45. The van der Waals surface area contributed by atoms with Gasteiger partial charge in [-0.3, -0.25) is 0 Å². The summed E-state index contributed by atoms with van der Waals surface area (Å²) >= 11 is 0. The maximum atomic E-state index is 6.45. The second-order valence-corrected chi connectivity index (χ2v) is 10.6. The monoisotopic (exact) mass is 476 g/mol. The Morgan fingerprint density at radius 2 is 0.788 bits per heavy atom. The summed E-state index contributed by atoms with van der Waals surface area (Å²) in [6.07, 6.45) is 18.4. The lowest BCUT2D eigenvalue weighted by molar-refractivity contribution is 0.258. The van der Waals surface area contributed by atoms with Gasteiger partial charge in [-0.25, -0.2) is 0 Å². The van der Waals surface area contributed by atoms with Gasteiger partial charge >= 0.3 is 8.56 Å². The number of ether oxygens (including phenoxy) is 2. The smallest absolute Gasteiger partial charge is 0.407 e. The summed E-state index contributed by atoms with van der Waals surface area (Å²) in [5, 5.41) is 2.15. The van der Waals surface area contributed by atoms with Crippen molar-refractivity contribution in [1.82, 2.24) is 0 Å². The predicted molar refractivity (Wildman–Crippen MR) is 144 cm³/mol. The standard InChI is InChI=1S/C28H48O4Si/c1-11-17-23(25(29-7)19-13-3)27(21-15-5)33(31-9,32-10)28(22-16-6)24(18-12-2)26(30-8)20-14-4/h17-22H,11-16H2,1-10H3. The molecular formula is C28H48O4Si. The van der Waals surface area contributed by atoms with Crippen molar-refractivity contribution in [3.63, 3.8) is 0 Å². The second kappa shape index (κ2) is 17.6. The summed E-state index contributed by atoms with van der Waals surface area (Å²) in [7, 11) is 3.88. The molecule has 0 aromatic carbocycles. The Bertz CT molecular complexity index is 690. The molecule has 0 amide bonds. The molecule has 0 aliphatic heterocycles. The van der Waals surface area contributed by atoms with Gasteiger partial charge in [-0.1, -0.05) is 65.8 Å². The lowest BCUT2D eigenvalue weighted by Crippen LogP contribution is -2.47. The molecule has 0 spiro atoms. The molecule has 0 radical (unpaired) electrons. The van der Waals surface area contributed by atoms with Crippen LogP contribution >= 0.6 is 0 Å². The second-order valence-electron chi connectivity index (χ2n) is 7.49. The first-order valence-electron chi connectivity index (χ1n) is 12.4. The van der Waals surface area contributed by atoms with E-state index in [2.05, 4.69) is 78.0 Å². The van der Waals surface area contributed by atoms with Crippen molar-refractivity contribution in [3.05, 3.63) is 69.5 Å². The molecule has 0 aromatic heterocycles. The SMILES string of the molecule is CCC=C(OC)C(=CCC)C(=CCC)[Si](OC)(OC)C(=CCC)C(=CCC)C(=CCC)OC. The van der Waals surface area contributed by atoms with E-state index in [0.717, 1.165) is 71.6 Å². The van der Waals surface area contributed by atoms with Crippen LogP contribution in [0.3, 0.4) is 0 Å². The zero-order valence-corrected chi connectivity index (χ0v) is 23.8. The highest BCUT2D eigenvalue weighted by atomic mass is 28.4. The molecule has 0 aliphatic rings. The zero-order valence-electron chi connectivity index (χ0n) is 22.8. The minimum atomic E-state index is -3.12. The molecular weight excluding hydrogens is 428 g/mol. The van der Waals surface area contributed by atoms with Crippen LogP contribution in [0.1, 0.15) is 80.1 Å². The Hall–Kier alpha value is -1.82. The summed E-state index contributed by atoms with van der Waals surface area (Å²) in [5.74, 6) is 1.72. The first-order chi connectivity index (χ1) is 16.0. The van der Waals surface area contributed by atoms with E-state index >= 15 is 0 Å². The highest BCUT2D eigenvalue weighted by Crippen LogP contribution is 2.40.